The van der Waals surface area contributed by atoms with Crippen molar-refractivity contribution < 1.29 is 4.79 Å². The normalized spacial score (nSPS) is 21.3. The second-order valence-electron chi connectivity index (χ2n) is 9.45. The Morgan fingerprint density at radius 1 is 1.19 bits per heavy atom. The molecule has 2 N–H and O–H groups in total. The first-order valence-corrected chi connectivity index (χ1v) is 12.0. The van der Waals surface area contributed by atoms with Crippen LogP contribution in [0.5, 0.6) is 0 Å². The minimum atomic E-state index is -0.312. The second kappa shape index (κ2) is 11.5. The summed E-state index contributed by atoms with van der Waals surface area (Å²) in [4.78, 5) is 22.0. The van der Waals surface area contributed by atoms with Crippen molar-refractivity contribution in [3.8, 4) is 0 Å². The lowest BCUT2D eigenvalue weighted by atomic mass is 9.85. The lowest BCUT2D eigenvalue weighted by Gasteiger charge is -2.29. The van der Waals surface area contributed by atoms with E-state index in [9.17, 15) is 4.79 Å². The van der Waals surface area contributed by atoms with E-state index in [4.69, 9.17) is 4.99 Å². The van der Waals surface area contributed by atoms with Crippen LogP contribution in [-0.2, 0) is 11.2 Å². The van der Waals surface area contributed by atoms with Crippen molar-refractivity contribution in [2.24, 2.45) is 16.3 Å². The first kappa shape index (κ1) is 23.6. The van der Waals surface area contributed by atoms with Crippen molar-refractivity contribution in [1.29, 1.82) is 0 Å². The molecule has 3 rings (SSSR count). The maximum Gasteiger partial charge on any atom is 0.230 e. The van der Waals surface area contributed by atoms with Crippen LogP contribution in [0.4, 0.5) is 0 Å². The molecule has 31 heavy (non-hydrogen) atoms. The van der Waals surface area contributed by atoms with Crippen molar-refractivity contribution in [2.75, 3.05) is 53.4 Å². The second-order valence-corrected chi connectivity index (χ2v) is 9.45. The number of guanidine groups is 1. The van der Waals surface area contributed by atoms with Gasteiger partial charge in [-0.05, 0) is 50.6 Å². The van der Waals surface area contributed by atoms with Crippen LogP contribution in [-0.4, -0.2) is 75.0 Å². The van der Waals surface area contributed by atoms with Crippen molar-refractivity contribution in [2.45, 2.75) is 45.4 Å². The Morgan fingerprint density at radius 3 is 2.61 bits per heavy atom. The quantitative estimate of drug-likeness (QED) is 0.470. The number of likely N-dealkylation sites (tertiary alicyclic amines) is 1. The van der Waals surface area contributed by atoms with Crippen molar-refractivity contribution in [3.63, 3.8) is 0 Å². The van der Waals surface area contributed by atoms with E-state index >= 15 is 0 Å². The Balaban J connectivity index is 1.48. The van der Waals surface area contributed by atoms with Crippen LogP contribution in [0.1, 0.15) is 44.6 Å². The number of rotatable bonds is 9. The van der Waals surface area contributed by atoms with Crippen molar-refractivity contribution in [3.05, 3.63) is 35.9 Å². The van der Waals surface area contributed by atoms with Gasteiger partial charge in [0.1, 0.15) is 0 Å². The summed E-state index contributed by atoms with van der Waals surface area (Å²) < 4.78 is 0. The molecule has 2 aliphatic rings. The zero-order valence-corrected chi connectivity index (χ0v) is 19.7. The third kappa shape index (κ3) is 6.70. The highest BCUT2D eigenvalue weighted by Crippen LogP contribution is 2.39. The minimum absolute atomic E-state index is 0.231. The molecular weight excluding hydrogens is 386 g/mol. The van der Waals surface area contributed by atoms with Gasteiger partial charge in [-0.15, -0.1) is 0 Å². The number of carbonyl (C=O) groups excluding carboxylic acids is 1. The van der Waals surface area contributed by atoms with Gasteiger partial charge < -0.3 is 20.4 Å². The smallest absolute Gasteiger partial charge is 0.230 e. The number of hydrogen-bond donors (Lipinski definition) is 2. The Labute approximate surface area is 188 Å². The Hall–Kier alpha value is -2.08. The first-order chi connectivity index (χ1) is 15.0. The third-order valence-electron chi connectivity index (χ3n) is 6.79. The molecule has 0 spiro atoms. The van der Waals surface area contributed by atoms with Gasteiger partial charge in [-0.3, -0.25) is 9.79 Å². The molecule has 1 saturated carbocycles. The van der Waals surface area contributed by atoms with Gasteiger partial charge in [0.05, 0.1) is 12.0 Å². The summed E-state index contributed by atoms with van der Waals surface area (Å²) in [6, 6.07) is 10.7. The van der Waals surface area contributed by atoms with E-state index in [0.717, 1.165) is 64.2 Å². The van der Waals surface area contributed by atoms with Crippen LogP contribution in [0.2, 0.25) is 0 Å². The number of benzene rings is 1. The monoisotopic (exact) mass is 427 g/mol. The van der Waals surface area contributed by atoms with Crippen molar-refractivity contribution in [1.82, 2.24) is 20.4 Å². The number of nitrogens with zero attached hydrogens (tertiary/aromatic N) is 3. The highest BCUT2D eigenvalue weighted by Gasteiger charge is 2.42. The van der Waals surface area contributed by atoms with Crippen LogP contribution >= 0.6 is 0 Å². The molecule has 1 aliphatic carbocycles. The number of amides is 1. The molecule has 1 amide bonds. The van der Waals surface area contributed by atoms with Gasteiger partial charge in [0.15, 0.2) is 5.96 Å². The summed E-state index contributed by atoms with van der Waals surface area (Å²) in [6.07, 6.45) is 6.50. The summed E-state index contributed by atoms with van der Waals surface area (Å²) in [5.74, 6) is 1.72. The maximum absolute atomic E-state index is 12.8. The lowest BCUT2D eigenvalue weighted by molar-refractivity contribution is -0.138. The van der Waals surface area contributed by atoms with Gasteiger partial charge in [0.2, 0.25) is 5.91 Å². The first-order valence-electron chi connectivity index (χ1n) is 12.0. The fourth-order valence-electron chi connectivity index (χ4n) is 4.99. The van der Waals surface area contributed by atoms with Gasteiger partial charge >= 0.3 is 0 Å². The highest BCUT2D eigenvalue weighted by molar-refractivity contribution is 5.84. The average Bonchev–Trinajstić information content (AvgIpc) is 3.44. The fraction of sp³-hybridized carbons (Fsp3) is 0.680. The maximum atomic E-state index is 12.8. The zero-order valence-electron chi connectivity index (χ0n) is 19.7. The van der Waals surface area contributed by atoms with Crippen LogP contribution in [0.3, 0.4) is 0 Å². The van der Waals surface area contributed by atoms with E-state index in [2.05, 4.69) is 52.8 Å². The number of carbonyl (C=O) groups is 1. The van der Waals surface area contributed by atoms with Gasteiger partial charge in [-0.2, -0.15) is 0 Å². The minimum Gasteiger partial charge on any atom is -0.357 e. The van der Waals surface area contributed by atoms with Crippen LogP contribution in [0.15, 0.2) is 35.3 Å². The van der Waals surface area contributed by atoms with E-state index in [1.54, 1.807) is 4.90 Å². The Bertz CT molecular complexity index is 712. The molecule has 172 valence electrons. The summed E-state index contributed by atoms with van der Waals surface area (Å²) in [6.45, 7) is 7.87. The van der Waals surface area contributed by atoms with E-state index in [1.807, 2.05) is 14.1 Å². The van der Waals surface area contributed by atoms with Gasteiger partial charge in [-0.1, -0.05) is 43.2 Å². The molecule has 0 bridgehead atoms. The van der Waals surface area contributed by atoms with Crippen LogP contribution in [0, 0.1) is 11.3 Å². The lowest BCUT2D eigenvalue weighted by Crippen LogP contribution is -2.44. The molecule has 1 aromatic carbocycles. The van der Waals surface area contributed by atoms with Crippen LogP contribution < -0.4 is 10.6 Å². The van der Waals surface area contributed by atoms with Crippen molar-refractivity contribution >= 4 is 11.9 Å². The zero-order chi connectivity index (χ0) is 22.1. The molecule has 1 aliphatic heterocycles. The van der Waals surface area contributed by atoms with E-state index < -0.39 is 0 Å². The molecule has 1 atom stereocenters. The van der Waals surface area contributed by atoms with E-state index in [0.29, 0.717) is 12.5 Å². The summed E-state index contributed by atoms with van der Waals surface area (Å²) in [5, 5.41) is 6.93. The molecule has 0 aromatic heterocycles. The molecule has 1 saturated heterocycles. The molecule has 6 nitrogen and oxygen atoms in total. The molecule has 0 radical (unpaired) electrons. The number of hydrogen-bond acceptors (Lipinski definition) is 3. The number of aliphatic imine (C=N–C) groups is 1. The molecule has 1 aromatic rings. The average molecular weight is 428 g/mol. The molecule has 1 heterocycles. The SMILES string of the molecule is CCNC(=NCC1(C(=O)N(C)C)CCCC1)NCC1CCN(CCc2ccccc2)C1. The van der Waals surface area contributed by atoms with Crippen LogP contribution in [0.25, 0.3) is 0 Å². The number of nitrogens with one attached hydrogen (secondary N) is 2. The summed E-state index contributed by atoms with van der Waals surface area (Å²) >= 11 is 0. The predicted octanol–water partition coefficient (Wildman–Crippen LogP) is 2.75. The molecular formula is C25H41N5O. The van der Waals surface area contributed by atoms with E-state index in [-0.39, 0.29) is 11.3 Å². The topological polar surface area (TPSA) is 60.0 Å². The Morgan fingerprint density at radius 2 is 1.94 bits per heavy atom. The highest BCUT2D eigenvalue weighted by atomic mass is 16.2. The van der Waals surface area contributed by atoms with Gasteiger partial charge in [0, 0.05) is 40.3 Å². The largest absolute Gasteiger partial charge is 0.357 e. The third-order valence-corrected chi connectivity index (χ3v) is 6.79. The van der Waals surface area contributed by atoms with E-state index in [1.165, 1.54) is 18.5 Å². The standard InChI is InChI=1S/C25H41N5O/c1-4-26-24(28-20-25(14-8-9-15-25)23(31)29(2)3)27-18-22-13-17-30(19-22)16-12-21-10-6-5-7-11-21/h5-7,10-11,22H,4,8-9,12-20H2,1-3H3,(H2,26,27,28). The fourth-order valence-corrected chi connectivity index (χ4v) is 4.99. The van der Waals surface area contributed by atoms with Gasteiger partial charge in [0.25, 0.3) is 0 Å². The predicted molar refractivity (Wildman–Crippen MR) is 128 cm³/mol. The Kier molecular flexibility index (Phi) is 8.76. The molecule has 1 unspecified atom stereocenters. The summed E-state index contributed by atoms with van der Waals surface area (Å²) in [7, 11) is 3.72. The summed E-state index contributed by atoms with van der Waals surface area (Å²) in [5.41, 5.74) is 1.10. The molecule has 6 heteroatoms. The van der Waals surface area contributed by atoms with Gasteiger partial charge in [-0.25, -0.2) is 0 Å². The molecule has 2 fully saturated rings.